The van der Waals surface area contributed by atoms with Crippen LogP contribution in [-0.2, 0) is 5.75 Å². The van der Waals surface area contributed by atoms with E-state index in [1.165, 1.54) is 50.6 Å². The largest absolute Gasteiger partial charge is 0.370 e. The summed E-state index contributed by atoms with van der Waals surface area (Å²) < 4.78 is 0. The van der Waals surface area contributed by atoms with E-state index in [4.69, 9.17) is 9.97 Å². The van der Waals surface area contributed by atoms with E-state index in [1.54, 1.807) is 0 Å². The average Bonchev–Trinajstić information content (AvgIpc) is 3.37. The zero-order valence-electron chi connectivity index (χ0n) is 13.1. The Morgan fingerprint density at radius 3 is 2.67 bits per heavy atom. The fraction of sp³-hybridized carbons (Fsp3) is 0.765. The molecular formula is C17H27N3S. The van der Waals surface area contributed by atoms with Crippen molar-refractivity contribution in [3.05, 3.63) is 17.6 Å². The van der Waals surface area contributed by atoms with Crippen molar-refractivity contribution in [2.24, 2.45) is 0 Å². The molecule has 2 fully saturated rings. The number of anilines is 1. The molecule has 2 aliphatic rings. The Hall–Kier alpha value is -0.770. The molecule has 1 aromatic heterocycles. The van der Waals surface area contributed by atoms with Crippen LogP contribution >= 0.6 is 11.8 Å². The van der Waals surface area contributed by atoms with E-state index < -0.39 is 0 Å². The van der Waals surface area contributed by atoms with Gasteiger partial charge in [-0.3, -0.25) is 0 Å². The van der Waals surface area contributed by atoms with Crippen LogP contribution in [0.25, 0.3) is 0 Å². The molecule has 0 aromatic carbocycles. The van der Waals surface area contributed by atoms with E-state index in [0.717, 1.165) is 35.6 Å². The third kappa shape index (κ3) is 4.60. The minimum absolute atomic E-state index is 0.702. The van der Waals surface area contributed by atoms with Gasteiger partial charge in [0.15, 0.2) is 0 Å². The first-order valence-corrected chi connectivity index (χ1v) is 9.63. The second-order valence-corrected chi connectivity index (χ2v) is 7.66. The molecule has 1 heterocycles. The van der Waals surface area contributed by atoms with Crippen molar-refractivity contribution in [2.45, 2.75) is 75.2 Å². The lowest BCUT2D eigenvalue weighted by molar-refractivity contribution is 0.516. The summed E-state index contributed by atoms with van der Waals surface area (Å²) in [6.45, 7) is 3.19. The highest BCUT2D eigenvalue weighted by molar-refractivity contribution is 7.99. The fourth-order valence-corrected chi connectivity index (χ4v) is 4.12. The summed E-state index contributed by atoms with van der Waals surface area (Å²) in [7, 11) is 0. The first-order valence-electron chi connectivity index (χ1n) is 8.58. The van der Waals surface area contributed by atoms with E-state index in [2.05, 4.69) is 30.1 Å². The Kier molecular flexibility index (Phi) is 5.39. The minimum atomic E-state index is 0.702. The van der Waals surface area contributed by atoms with Gasteiger partial charge in [0.25, 0.3) is 0 Å². The zero-order chi connectivity index (χ0) is 14.5. The minimum Gasteiger partial charge on any atom is -0.370 e. The fourth-order valence-electron chi connectivity index (χ4n) is 2.94. The lowest BCUT2D eigenvalue weighted by atomic mass is 10.0. The molecule has 116 valence electrons. The lowest BCUT2D eigenvalue weighted by Crippen LogP contribution is -2.10. The monoisotopic (exact) mass is 305 g/mol. The van der Waals surface area contributed by atoms with Gasteiger partial charge in [-0.05, 0) is 32.1 Å². The number of hydrogen-bond acceptors (Lipinski definition) is 4. The summed E-state index contributed by atoms with van der Waals surface area (Å²) in [5.74, 6) is 3.75. The Morgan fingerprint density at radius 2 is 1.95 bits per heavy atom. The topological polar surface area (TPSA) is 37.8 Å². The van der Waals surface area contributed by atoms with Crippen LogP contribution in [0, 0.1) is 0 Å². The van der Waals surface area contributed by atoms with Crippen molar-refractivity contribution < 1.29 is 0 Å². The van der Waals surface area contributed by atoms with Gasteiger partial charge in [-0.1, -0.05) is 26.2 Å². The Balaban J connectivity index is 1.63. The van der Waals surface area contributed by atoms with Gasteiger partial charge in [0, 0.05) is 29.5 Å². The van der Waals surface area contributed by atoms with E-state index >= 15 is 0 Å². The van der Waals surface area contributed by atoms with Crippen LogP contribution in [0.1, 0.15) is 75.7 Å². The van der Waals surface area contributed by atoms with Gasteiger partial charge in [-0.25, -0.2) is 9.97 Å². The van der Waals surface area contributed by atoms with Crippen LogP contribution in [0.5, 0.6) is 0 Å². The maximum absolute atomic E-state index is 4.82. The van der Waals surface area contributed by atoms with Gasteiger partial charge in [-0.2, -0.15) is 11.8 Å². The van der Waals surface area contributed by atoms with Crippen molar-refractivity contribution in [3.8, 4) is 0 Å². The maximum atomic E-state index is 4.82. The van der Waals surface area contributed by atoms with Crippen molar-refractivity contribution in [1.29, 1.82) is 0 Å². The second kappa shape index (κ2) is 7.48. The summed E-state index contributed by atoms with van der Waals surface area (Å²) >= 11 is 2.07. The third-order valence-corrected chi connectivity index (χ3v) is 5.71. The smallest absolute Gasteiger partial charge is 0.140 e. The van der Waals surface area contributed by atoms with E-state index in [0.29, 0.717) is 5.92 Å². The van der Waals surface area contributed by atoms with Crippen LogP contribution in [0.15, 0.2) is 6.07 Å². The third-order valence-electron chi connectivity index (χ3n) is 4.34. The van der Waals surface area contributed by atoms with E-state index in [-0.39, 0.29) is 0 Å². The van der Waals surface area contributed by atoms with E-state index in [9.17, 15) is 0 Å². The molecule has 0 amide bonds. The Morgan fingerprint density at radius 1 is 1.14 bits per heavy atom. The standard InChI is InChI=1S/C17H27N3S/c1-2-10-18-16-11-15(13-8-9-13)19-17(20-16)12-21-14-6-4-3-5-7-14/h11,13-14H,2-10,12H2,1H3,(H,18,19,20). The predicted octanol–water partition coefficient (Wildman–Crippen LogP) is 4.74. The summed E-state index contributed by atoms with van der Waals surface area (Å²) in [6.07, 6.45) is 10.7. The zero-order valence-corrected chi connectivity index (χ0v) is 13.9. The molecule has 21 heavy (non-hydrogen) atoms. The molecule has 1 aromatic rings. The summed E-state index contributed by atoms with van der Waals surface area (Å²) in [6, 6.07) is 2.17. The number of thioether (sulfide) groups is 1. The number of hydrogen-bond donors (Lipinski definition) is 1. The van der Waals surface area contributed by atoms with Gasteiger partial charge in [0.2, 0.25) is 0 Å². The highest BCUT2D eigenvalue weighted by Crippen LogP contribution is 2.40. The van der Waals surface area contributed by atoms with E-state index in [1.807, 2.05) is 0 Å². The first kappa shape index (κ1) is 15.1. The maximum Gasteiger partial charge on any atom is 0.140 e. The van der Waals surface area contributed by atoms with Crippen molar-refractivity contribution >= 4 is 17.6 Å². The molecule has 0 radical (unpaired) electrons. The van der Waals surface area contributed by atoms with Crippen molar-refractivity contribution in [3.63, 3.8) is 0 Å². The molecule has 0 unspecified atom stereocenters. The number of nitrogens with one attached hydrogen (secondary N) is 1. The molecule has 3 rings (SSSR count). The van der Waals surface area contributed by atoms with Gasteiger partial charge < -0.3 is 5.32 Å². The quantitative estimate of drug-likeness (QED) is 0.789. The van der Waals surface area contributed by atoms with Crippen LogP contribution < -0.4 is 5.32 Å². The van der Waals surface area contributed by atoms with Gasteiger partial charge in [0.1, 0.15) is 11.6 Å². The van der Waals surface area contributed by atoms with Crippen LogP contribution in [0.2, 0.25) is 0 Å². The highest BCUT2D eigenvalue weighted by atomic mass is 32.2. The molecule has 0 bridgehead atoms. The molecule has 0 aliphatic heterocycles. The molecule has 1 N–H and O–H groups in total. The number of aromatic nitrogens is 2. The second-order valence-electron chi connectivity index (χ2n) is 6.37. The molecule has 0 spiro atoms. The normalized spacial score (nSPS) is 19.7. The van der Waals surface area contributed by atoms with Gasteiger partial charge in [-0.15, -0.1) is 0 Å². The summed E-state index contributed by atoms with van der Waals surface area (Å²) in [5.41, 5.74) is 1.27. The van der Waals surface area contributed by atoms with Crippen LogP contribution in [0.3, 0.4) is 0 Å². The van der Waals surface area contributed by atoms with Crippen LogP contribution in [0.4, 0.5) is 5.82 Å². The molecular weight excluding hydrogens is 278 g/mol. The molecule has 0 atom stereocenters. The first-order chi connectivity index (χ1) is 10.3. The summed E-state index contributed by atoms with van der Waals surface area (Å²) in [5, 5.41) is 4.27. The molecule has 2 aliphatic carbocycles. The van der Waals surface area contributed by atoms with Crippen LogP contribution in [-0.4, -0.2) is 21.8 Å². The van der Waals surface area contributed by atoms with Crippen molar-refractivity contribution in [1.82, 2.24) is 9.97 Å². The Labute approximate surface area is 132 Å². The predicted molar refractivity (Wildman–Crippen MR) is 91.0 cm³/mol. The van der Waals surface area contributed by atoms with Gasteiger partial charge >= 0.3 is 0 Å². The van der Waals surface area contributed by atoms with Gasteiger partial charge in [0.05, 0.1) is 5.75 Å². The molecule has 2 saturated carbocycles. The average molecular weight is 305 g/mol. The SMILES string of the molecule is CCCNc1cc(C2CC2)nc(CSC2CCCCC2)n1. The Bertz CT molecular complexity index is 453. The van der Waals surface area contributed by atoms with Crippen molar-refractivity contribution in [2.75, 3.05) is 11.9 Å². The number of nitrogens with zero attached hydrogens (tertiary/aromatic N) is 2. The molecule has 3 nitrogen and oxygen atoms in total. The molecule has 4 heteroatoms. The highest BCUT2D eigenvalue weighted by Gasteiger charge is 2.26. The molecule has 0 saturated heterocycles. The number of rotatable bonds is 7. The summed E-state index contributed by atoms with van der Waals surface area (Å²) in [4.78, 5) is 9.54. The lowest BCUT2D eigenvalue weighted by Gasteiger charge is -2.20.